The van der Waals surface area contributed by atoms with Gasteiger partial charge in [0.15, 0.2) is 11.2 Å². The van der Waals surface area contributed by atoms with Gasteiger partial charge in [-0.2, -0.15) is 0 Å². The molecule has 1 aliphatic rings. The van der Waals surface area contributed by atoms with Crippen molar-refractivity contribution in [3.05, 3.63) is 75.3 Å². The quantitative estimate of drug-likeness (QED) is 0.335. The number of nitrogens with one attached hydrogen (secondary N) is 1. The number of carboxylic acids is 1. The summed E-state index contributed by atoms with van der Waals surface area (Å²) >= 11 is 0. The standard InChI is InChI=1S/C24H21FN2O5/c25-16-5-3-14(4-6-16)9-15-10-17-19(11-20(15)27-7-1-2-8-27)26-13-18(23(17)30)21(28)12-22(29)24(31)32/h3-6,10-11,13H,1-2,7-9,12H2,(H,26,30)(H,31,32). The van der Waals surface area contributed by atoms with Crippen molar-refractivity contribution >= 4 is 34.1 Å². The number of ketones is 2. The van der Waals surface area contributed by atoms with E-state index in [4.69, 9.17) is 5.11 Å². The number of Topliss-reactive ketones (excluding diaryl/α,β-unsaturated/α-hetero) is 2. The molecule has 164 valence electrons. The van der Waals surface area contributed by atoms with Crippen molar-refractivity contribution in [2.75, 3.05) is 18.0 Å². The summed E-state index contributed by atoms with van der Waals surface area (Å²) in [4.78, 5) is 52.7. The number of hydrogen-bond donors (Lipinski definition) is 2. The number of carbonyl (C=O) groups excluding carboxylic acids is 2. The molecule has 2 aromatic carbocycles. The smallest absolute Gasteiger partial charge is 0.372 e. The third kappa shape index (κ3) is 4.30. The van der Waals surface area contributed by atoms with Crippen LogP contribution >= 0.6 is 0 Å². The molecular formula is C24H21FN2O5. The first kappa shape index (κ1) is 21.4. The maximum atomic E-state index is 13.3. The number of carbonyl (C=O) groups is 3. The lowest BCUT2D eigenvalue weighted by atomic mass is 9.98. The number of aliphatic carboxylic acids is 1. The summed E-state index contributed by atoms with van der Waals surface area (Å²) in [7, 11) is 0. The van der Waals surface area contributed by atoms with E-state index in [1.54, 1.807) is 18.2 Å². The predicted octanol–water partition coefficient (Wildman–Crippen LogP) is 3.08. The number of nitrogens with zero attached hydrogens (tertiary/aromatic N) is 1. The van der Waals surface area contributed by atoms with Crippen LogP contribution in [0.15, 0.2) is 47.4 Å². The zero-order chi connectivity index (χ0) is 22.8. The number of carboxylic acid groups (broad SMARTS) is 1. The number of H-pyrrole nitrogens is 1. The Kier molecular flexibility index (Phi) is 5.85. The zero-order valence-corrected chi connectivity index (χ0v) is 17.2. The van der Waals surface area contributed by atoms with Gasteiger partial charge in [0, 0.05) is 30.4 Å². The van der Waals surface area contributed by atoms with Crippen LogP contribution < -0.4 is 10.3 Å². The number of rotatable bonds is 7. The molecule has 0 unspecified atom stereocenters. The summed E-state index contributed by atoms with van der Waals surface area (Å²) in [6.45, 7) is 1.78. The van der Waals surface area contributed by atoms with E-state index in [2.05, 4.69) is 9.88 Å². The summed E-state index contributed by atoms with van der Waals surface area (Å²) in [6.07, 6.45) is 2.95. The molecule has 0 amide bonds. The predicted molar refractivity (Wildman–Crippen MR) is 117 cm³/mol. The van der Waals surface area contributed by atoms with Gasteiger partial charge in [0.2, 0.25) is 5.78 Å². The minimum atomic E-state index is -1.72. The van der Waals surface area contributed by atoms with Crippen LogP contribution in [0.4, 0.5) is 10.1 Å². The molecule has 1 saturated heterocycles. The molecule has 4 rings (SSSR count). The first-order valence-corrected chi connectivity index (χ1v) is 10.3. The Morgan fingerprint density at radius 2 is 1.75 bits per heavy atom. The van der Waals surface area contributed by atoms with Crippen LogP contribution in [0.5, 0.6) is 0 Å². The Labute approximate surface area is 182 Å². The summed E-state index contributed by atoms with van der Waals surface area (Å²) in [5.74, 6) is -4.16. The maximum absolute atomic E-state index is 13.3. The number of halogens is 1. The van der Waals surface area contributed by atoms with Crippen LogP contribution in [0.3, 0.4) is 0 Å². The molecular weight excluding hydrogens is 415 g/mol. The fourth-order valence-electron chi connectivity index (χ4n) is 4.04. The van der Waals surface area contributed by atoms with Crippen LogP contribution in [-0.2, 0) is 16.0 Å². The van der Waals surface area contributed by atoms with Gasteiger partial charge in [-0.05, 0) is 54.7 Å². The SMILES string of the molecule is O=C(O)C(=O)CC(=O)c1c[nH]c2cc(N3CCCC3)c(Cc3ccc(F)cc3)cc2c1=O. The minimum absolute atomic E-state index is 0.256. The van der Waals surface area contributed by atoms with Crippen molar-refractivity contribution in [2.45, 2.75) is 25.7 Å². The van der Waals surface area contributed by atoms with Crippen LogP contribution in [0.1, 0.15) is 40.7 Å². The lowest BCUT2D eigenvalue weighted by molar-refractivity contribution is -0.148. The average molecular weight is 436 g/mol. The first-order chi connectivity index (χ1) is 15.3. The van der Waals surface area contributed by atoms with E-state index >= 15 is 0 Å². The second-order valence-corrected chi connectivity index (χ2v) is 7.88. The first-order valence-electron chi connectivity index (χ1n) is 10.3. The fraction of sp³-hybridized carbons (Fsp3) is 0.250. The molecule has 7 nitrogen and oxygen atoms in total. The largest absolute Gasteiger partial charge is 0.475 e. The molecule has 1 fully saturated rings. The lowest BCUT2D eigenvalue weighted by Crippen LogP contribution is -2.23. The van der Waals surface area contributed by atoms with Gasteiger partial charge in [-0.25, -0.2) is 9.18 Å². The minimum Gasteiger partial charge on any atom is -0.475 e. The van der Waals surface area contributed by atoms with Crippen LogP contribution in [0.25, 0.3) is 10.9 Å². The Hall–Kier alpha value is -3.81. The van der Waals surface area contributed by atoms with Gasteiger partial charge in [0.25, 0.3) is 0 Å². The highest BCUT2D eigenvalue weighted by atomic mass is 19.1. The van der Waals surface area contributed by atoms with E-state index in [1.165, 1.54) is 18.3 Å². The topological polar surface area (TPSA) is 108 Å². The van der Waals surface area contributed by atoms with Gasteiger partial charge in [0.05, 0.1) is 17.5 Å². The molecule has 2 N–H and O–H groups in total. The highest BCUT2D eigenvalue weighted by molar-refractivity contribution is 6.37. The van der Waals surface area contributed by atoms with Crippen molar-refractivity contribution in [2.24, 2.45) is 0 Å². The third-order valence-corrected chi connectivity index (χ3v) is 5.69. The molecule has 0 bridgehead atoms. The number of aromatic nitrogens is 1. The van der Waals surface area contributed by atoms with Gasteiger partial charge >= 0.3 is 5.97 Å². The second-order valence-electron chi connectivity index (χ2n) is 7.88. The van der Waals surface area contributed by atoms with E-state index in [0.29, 0.717) is 11.9 Å². The molecule has 0 aliphatic carbocycles. The van der Waals surface area contributed by atoms with E-state index in [-0.39, 0.29) is 16.8 Å². The van der Waals surface area contributed by atoms with E-state index < -0.39 is 29.4 Å². The monoisotopic (exact) mass is 436 g/mol. The Morgan fingerprint density at radius 1 is 1.06 bits per heavy atom. The Bertz CT molecular complexity index is 1270. The molecule has 2 heterocycles. The van der Waals surface area contributed by atoms with Gasteiger partial charge in [-0.15, -0.1) is 0 Å². The third-order valence-electron chi connectivity index (χ3n) is 5.69. The molecule has 3 aromatic rings. The van der Waals surface area contributed by atoms with Crippen molar-refractivity contribution in [3.8, 4) is 0 Å². The number of hydrogen-bond acceptors (Lipinski definition) is 5. The van der Waals surface area contributed by atoms with E-state index in [0.717, 1.165) is 42.7 Å². The maximum Gasteiger partial charge on any atom is 0.372 e. The van der Waals surface area contributed by atoms with Crippen molar-refractivity contribution < 1.29 is 23.9 Å². The average Bonchev–Trinajstić information content (AvgIpc) is 3.30. The number of pyridine rings is 1. The van der Waals surface area contributed by atoms with Crippen LogP contribution in [-0.4, -0.2) is 40.7 Å². The lowest BCUT2D eigenvalue weighted by Gasteiger charge is -2.22. The second kappa shape index (κ2) is 8.74. The summed E-state index contributed by atoms with van der Waals surface area (Å²) in [5, 5.41) is 9.01. The van der Waals surface area contributed by atoms with Crippen LogP contribution in [0.2, 0.25) is 0 Å². The molecule has 0 radical (unpaired) electrons. The van der Waals surface area contributed by atoms with E-state index in [1.807, 2.05) is 6.07 Å². The van der Waals surface area contributed by atoms with Gasteiger partial charge in [-0.3, -0.25) is 14.4 Å². The van der Waals surface area contributed by atoms with E-state index in [9.17, 15) is 23.6 Å². The highest BCUT2D eigenvalue weighted by Gasteiger charge is 2.22. The van der Waals surface area contributed by atoms with Gasteiger partial charge < -0.3 is 15.0 Å². The Morgan fingerprint density at radius 3 is 2.41 bits per heavy atom. The number of anilines is 1. The molecule has 8 heteroatoms. The van der Waals surface area contributed by atoms with Gasteiger partial charge in [0.1, 0.15) is 5.82 Å². The molecule has 0 saturated carbocycles. The fourth-order valence-corrected chi connectivity index (χ4v) is 4.04. The Balaban J connectivity index is 1.79. The van der Waals surface area contributed by atoms with Gasteiger partial charge in [-0.1, -0.05) is 12.1 Å². The normalized spacial score (nSPS) is 13.5. The molecule has 32 heavy (non-hydrogen) atoms. The number of benzene rings is 2. The van der Waals surface area contributed by atoms with Crippen molar-refractivity contribution in [1.29, 1.82) is 0 Å². The van der Waals surface area contributed by atoms with Crippen LogP contribution in [0, 0.1) is 5.82 Å². The molecule has 0 spiro atoms. The zero-order valence-electron chi connectivity index (χ0n) is 17.2. The summed E-state index contributed by atoms with van der Waals surface area (Å²) < 4.78 is 13.3. The molecule has 1 aliphatic heterocycles. The molecule has 0 atom stereocenters. The van der Waals surface area contributed by atoms with Crippen molar-refractivity contribution in [3.63, 3.8) is 0 Å². The summed E-state index contributed by atoms with van der Waals surface area (Å²) in [6, 6.07) is 9.74. The highest BCUT2D eigenvalue weighted by Crippen LogP contribution is 2.30. The summed E-state index contributed by atoms with van der Waals surface area (Å²) in [5.41, 5.74) is 2.43. The molecule has 1 aromatic heterocycles. The van der Waals surface area contributed by atoms with Crippen molar-refractivity contribution in [1.82, 2.24) is 4.98 Å². The number of fused-ring (bicyclic) bond motifs is 1. The number of aromatic amines is 1.